The van der Waals surface area contributed by atoms with Crippen LogP contribution < -0.4 is 10.2 Å². The summed E-state index contributed by atoms with van der Waals surface area (Å²) in [6.07, 6.45) is 3.83. The third-order valence-corrected chi connectivity index (χ3v) is 3.93. The molecule has 2 nitrogen and oxygen atoms in total. The van der Waals surface area contributed by atoms with Gasteiger partial charge in [0.15, 0.2) is 0 Å². The van der Waals surface area contributed by atoms with Crippen LogP contribution in [0.4, 0.5) is 5.69 Å². The SMILES string of the molecule is CCCCN(CC1(C)CCNC1)c1ccccc1. The Kier molecular flexibility index (Phi) is 4.65. The normalized spacial score (nSPS) is 23.2. The molecule has 0 amide bonds. The van der Waals surface area contributed by atoms with Gasteiger partial charge in [0, 0.05) is 25.3 Å². The highest BCUT2D eigenvalue weighted by Gasteiger charge is 2.30. The number of benzene rings is 1. The van der Waals surface area contributed by atoms with Crippen LogP contribution in [0.5, 0.6) is 0 Å². The molecule has 0 radical (unpaired) electrons. The van der Waals surface area contributed by atoms with Crippen molar-refractivity contribution in [3.05, 3.63) is 30.3 Å². The summed E-state index contributed by atoms with van der Waals surface area (Å²) in [5, 5.41) is 3.50. The highest BCUT2D eigenvalue weighted by Crippen LogP contribution is 2.28. The lowest BCUT2D eigenvalue weighted by Crippen LogP contribution is -2.38. The first-order chi connectivity index (χ1) is 8.73. The maximum atomic E-state index is 3.50. The first kappa shape index (κ1) is 13.4. The second-order valence-electron chi connectivity index (χ2n) is 5.85. The molecule has 1 saturated heterocycles. The van der Waals surface area contributed by atoms with Crippen molar-refractivity contribution < 1.29 is 0 Å². The van der Waals surface area contributed by atoms with E-state index in [0.29, 0.717) is 5.41 Å². The molecule has 1 unspecified atom stereocenters. The zero-order chi connectivity index (χ0) is 12.8. The Morgan fingerprint density at radius 3 is 2.67 bits per heavy atom. The minimum absolute atomic E-state index is 0.434. The molecule has 1 fully saturated rings. The van der Waals surface area contributed by atoms with E-state index in [1.54, 1.807) is 0 Å². The van der Waals surface area contributed by atoms with E-state index >= 15 is 0 Å². The monoisotopic (exact) mass is 246 g/mol. The molecule has 1 aromatic rings. The number of para-hydroxylation sites is 1. The van der Waals surface area contributed by atoms with E-state index in [2.05, 4.69) is 54.4 Å². The van der Waals surface area contributed by atoms with Crippen LogP contribution in [0.2, 0.25) is 0 Å². The smallest absolute Gasteiger partial charge is 0.0366 e. The van der Waals surface area contributed by atoms with Gasteiger partial charge in [0.25, 0.3) is 0 Å². The summed E-state index contributed by atoms with van der Waals surface area (Å²) < 4.78 is 0. The predicted octanol–water partition coefficient (Wildman–Crippen LogP) is 3.29. The Hall–Kier alpha value is -1.02. The van der Waals surface area contributed by atoms with E-state index in [-0.39, 0.29) is 0 Å². The Balaban J connectivity index is 2.05. The lowest BCUT2D eigenvalue weighted by atomic mass is 9.89. The van der Waals surface area contributed by atoms with Crippen LogP contribution in [-0.4, -0.2) is 26.2 Å². The maximum absolute atomic E-state index is 3.50. The van der Waals surface area contributed by atoms with E-state index in [1.165, 1.54) is 44.6 Å². The minimum Gasteiger partial charge on any atom is -0.371 e. The van der Waals surface area contributed by atoms with E-state index in [9.17, 15) is 0 Å². The third-order valence-electron chi connectivity index (χ3n) is 3.93. The third kappa shape index (κ3) is 3.49. The van der Waals surface area contributed by atoms with Crippen LogP contribution in [0.1, 0.15) is 33.1 Å². The van der Waals surface area contributed by atoms with Crippen LogP contribution in [0.15, 0.2) is 30.3 Å². The molecule has 2 heteroatoms. The van der Waals surface area contributed by atoms with E-state index in [1.807, 2.05) is 0 Å². The standard InChI is InChI=1S/C16H26N2/c1-3-4-12-18(15-8-6-5-7-9-15)14-16(2)10-11-17-13-16/h5-9,17H,3-4,10-14H2,1-2H3. The van der Waals surface area contributed by atoms with Crippen molar-refractivity contribution in [1.29, 1.82) is 0 Å². The number of unbranched alkanes of at least 4 members (excludes halogenated alkanes) is 1. The fourth-order valence-corrected chi connectivity index (χ4v) is 2.75. The van der Waals surface area contributed by atoms with Crippen molar-refractivity contribution in [2.45, 2.75) is 33.1 Å². The molecule has 0 aromatic heterocycles. The van der Waals surface area contributed by atoms with Crippen molar-refractivity contribution in [3.63, 3.8) is 0 Å². The van der Waals surface area contributed by atoms with Crippen LogP contribution in [0, 0.1) is 5.41 Å². The molecule has 1 aromatic carbocycles. The summed E-state index contributed by atoms with van der Waals surface area (Å²) in [7, 11) is 0. The molecule has 0 bridgehead atoms. The molecule has 18 heavy (non-hydrogen) atoms. The second-order valence-corrected chi connectivity index (χ2v) is 5.85. The van der Waals surface area contributed by atoms with Crippen LogP contribution in [0.3, 0.4) is 0 Å². The van der Waals surface area contributed by atoms with E-state index in [4.69, 9.17) is 0 Å². The lowest BCUT2D eigenvalue weighted by molar-refractivity contribution is 0.363. The zero-order valence-electron chi connectivity index (χ0n) is 11.8. The second kappa shape index (κ2) is 6.24. The largest absolute Gasteiger partial charge is 0.371 e. The Bertz CT molecular complexity index is 341. The van der Waals surface area contributed by atoms with Crippen LogP contribution in [-0.2, 0) is 0 Å². The quantitative estimate of drug-likeness (QED) is 0.828. The van der Waals surface area contributed by atoms with Gasteiger partial charge in [-0.05, 0) is 36.9 Å². The molecule has 1 N–H and O–H groups in total. The van der Waals surface area contributed by atoms with Gasteiger partial charge in [0.05, 0.1) is 0 Å². The topological polar surface area (TPSA) is 15.3 Å². The predicted molar refractivity (Wildman–Crippen MR) is 79.2 cm³/mol. The molecule has 0 saturated carbocycles. The summed E-state index contributed by atoms with van der Waals surface area (Å²) in [5.41, 5.74) is 1.81. The molecule has 0 aliphatic carbocycles. The van der Waals surface area contributed by atoms with Gasteiger partial charge in [-0.1, -0.05) is 38.5 Å². The minimum atomic E-state index is 0.434. The van der Waals surface area contributed by atoms with Gasteiger partial charge in [0.2, 0.25) is 0 Å². The number of anilines is 1. The average molecular weight is 246 g/mol. The summed E-state index contributed by atoms with van der Waals surface area (Å²) in [5.74, 6) is 0. The maximum Gasteiger partial charge on any atom is 0.0366 e. The van der Waals surface area contributed by atoms with Crippen molar-refractivity contribution in [2.24, 2.45) is 5.41 Å². The summed E-state index contributed by atoms with van der Waals surface area (Å²) >= 11 is 0. The average Bonchev–Trinajstić information content (AvgIpc) is 2.82. The molecule has 100 valence electrons. The number of nitrogens with one attached hydrogen (secondary N) is 1. The molecule has 0 spiro atoms. The molecule has 1 aliphatic rings. The Morgan fingerprint density at radius 2 is 2.06 bits per heavy atom. The number of nitrogens with zero attached hydrogens (tertiary/aromatic N) is 1. The van der Waals surface area contributed by atoms with Gasteiger partial charge < -0.3 is 10.2 Å². The van der Waals surface area contributed by atoms with Gasteiger partial charge in [0.1, 0.15) is 0 Å². The fraction of sp³-hybridized carbons (Fsp3) is 0.625. The lowest BCUT2D eigenvalue weighted by Gasteiger charge is -2.33. The molecular weight excluding hydrogens is 220 g/mol. The molecule has 1 aliphatic heterocycles. The first-order valence-corrected chi connectivity index (χ1v) is 7.24. The Labute approximate surface area is 111 Å². The highest BCUT2D eigenvalue weighted by molar-refractivity contribution is 5.46. The summed E-state index contributed by atoms with van der Waals surface area (Å²) in [4.78, 5) is 2.57. The number of hydrogen-bond acceptors (Lipinski definition) is 2. The Morgan fingerprint density at radius 1 is 1.28 bits per heavy atom. The summed E-state index contributed by atoms with van der Waals surface area (Å²) in [6, 6.07) is 10.9. The number of hydrogen-bond donors (Lipinski definition) is 1. The van der Waals surface area contributed by atoms with Crippen molar-refractivity contribution in [1.82, 2.24) is 5.32 Å². The van der Waals surface area contributed by atoms with Gasteiger partial charge in [-0.2, -0.15) is 0 Å². The van der Waals surface area contributed by atoms with Gasteiger partial charge in [-0.25, -0.2) is 0 Å². The molecular formula is C16H26N2. The van der Waals surface area contributed by atoms with Crippen molar-refractivity contribution in [3.8, 4) is 0 Å². The van der Waals surface area contributed by atoms with E-state index < -0.39 is 0 Å². The van der Waals surface area contributed by atoms with Crippen LogP contribution >= 0.6 is 0 Å². The summed E-state index contributed by atoms with van der Waals surface area (Å²) in [6.45, 7) is 9.35. The zero-order valence-corrected chi connectivity index (χ0v) is 11.8. The number of rotatable bonds is 6. The van der Waals surface area contributed by atoms with E-state index in [0.717, 1.165) is 6.54 Å². The molecule has 1 heterocycles. The fourth-order valence-electron chi connectivity index (χ4n) is 2.75. The van der Waals surface area contributed by atoms with Crippen molar-refractivity contribution in [2.75, 3.05) is 31.1 Å². The van der Waals surface area contributed by atoms with Gasteiger partial charge in [-0.15, -0.1) is 0 Å². The highest BCUT2D eigenvalue weighted by atomic mass is 15.1. The van der Waals surface area contributed by atoms with Gasteiger partial charge in [-0.3, -0.25) is 0 Å². The van der Waals surface area contributed by atoms with Crippen LogP contribution in [0.25, 0.3) is 0 Å². The van der Waals surface area contributed by atoms with Crippen molar-refractivity contribution >= 4 is 5.69 Å². The van der Waals surface area contributed by atoms with Gasteiger partial charge >= 0.3 is 0 Å². The first-order valence-electron chi connectivity index (χ1n) is 7.24. The molecule has 2 rings (SSSR count). The molecule has 1 atom stereocenters.